The Morgan fingerprint density at radius 1 is 1.50 bits per heavy atom. The van der Waals surface area contributed by atoms with E-state index in [1.807, 2.05) is 0 Å². The number of hydrogen-bond donors (Lipinski definition) is 1. The van der Waals surface area contributed by atoms with Crippen LogP contribution in [0.2, 0.25) is 0 Å². The van der Waals surface area contributed by atoms with Crippen molar-refractivity contribution in [1.29, 1.82) is 0 Å². The minimum Gasteiger partial charge on any atom is -0.313 e. The van der Waals surface area contributed by atoms with Crippen molar-refractivity contribution in [1.82, 2.24) is 0 Å². The third kappa shape index (κ3) is 1.84. The lowest BCUT2D eigenvalue weighted by Crippen LogP contribution is -2.26. The normalized spacial score (nSPS) is 20.0. The van der Waals surface area contributed by atoms with Gasteiger partial charge in [0.25, 0.3) is 0 Å². The van der Waals surface area contributed by atoms with Gasteiger partial charge >= 0.3 is 0 Å². The summed E-state index contributed by atoms with van der Waals surface area (Å²) in [4.78, 5) is 0. The van der Waals surface area contributed by atoms with Crippen LogP contribution in [0.25, 0.3) is 0 Å². The highest BCUT2D eigenvalue weighted by molar-refractivity contribution is 7.96. The summed E-state index contributed by atoms with van der Waals surface area (Å²) in [6.07, 6.45) is 0. The maximum absolute atomic E-state index is 10.7. The molecule has 1 unspecified atom stereocenters. The van der Waals surface area contributed by atoms with Crippen molar-refractivity contribution in [3.63, 3.8) is 0 Å². The average molecular weight is 136 g/mol. The molecule has 0 aliphatic heterocycles. The van der Waals surface area contributed by atoms with Crippen molar-refractivity contribution < 1.29 is 8.76 Å². The van der Waals surface area contributed by atoms with Gasteiger partial charge in [-0.1, -0.05) is 0 Å². The van der Waals surface area contributed by atoms with Gasteiger partial charge in [0.05, 0.1) is 14.5 Å². The summed E-state index contributed by atoms with van der Waals surface area (Å²) >= 11 is 0. The van der Waals surface area contributed by atoms with Crippen LogP contribution in [-0.2, 0) is 9.80 Å². The lowest BCUT2D eigenvalue weighted by atomic mass is 10.3. The van der Waals surface area contributed by atoms with Crippen molar-refractivity contribution in [3.05, 3.63) is 0 Å². The molecule has 0 heterocycles. The van der Waals surface area contributed by atoms with E-state index in [0.29, 0.717) is 0 Å². The zero-order valence-electron chi connectivity index (χ0n) is 5.47. The molecule has 0 bridgehead atoms. The van der Waals surface area contributed by atoms with Crippen molar-refractivity contribution in [2.45, 2.75) is 25.5 Å². The highest BCUT2D eigenvalue weighted by atomic mass is 32.2. The van der Waals surface area contributed by atoms with Gasteiger partial charge in [-0.15, -0.1) is 0 Å². The van der Waals surface area contributed by atoms with Gasteiger partial charge in [0, 0.05) is 0 Å². The standard InChI is InChI=1S/C5H12O2S/c1-5(2,3)8(4,6)7/h4H2,1-3H3,(H,6,7). The Hall–Kier alpha value is -0.0200. The van der Waals surface area contributed by atoms with Crippen LogP contribution in [-0.4, -0.2) is 19.4 Å². The first-order valence-corrected chi connectivity index (χ1v) is 4.03. The molecule has 0 saturated heterocycles. The quantitative estimate of drug-likeness (QED) is 0.504. The predicted molar refractivity (Wildman–Crippen MR) is 37.6 cm³/mol. The maximum atomic E-state index is 10.7. The Bertz CT molecular complexity index is 159. The van der Waals surface area contributed by atoms with Gasteiger partial charge in [-0.05, 0) is 26.6 Å². The summed E-state index contributed by atoms with van der Waals surface area (Å²) in [7, 11) is -2.84. The molecule has 0 radical (unpaired) electrons. The zero-order chi connectivity index (χ0) is 7.00. The van der Waals surface area contributed by atoms with E-state index >= 15 is 0 Å². The molecule has 0 aromatic rings. The molecule has 0 amide bonds. The Labute approximate surface area is 50.7 Å². The molecular weight excluding hydrogens is 124 g/mol. The minimum atomic E-state index is -2.84. The van der Waals surface area contributed by atoms with E-state index in [4.69, 9.17) is 4.55 Å². The van der Waals surface area contributed by atoms with E-state index in [1.54, 1.807) is 20.8 Å². The van der Waals surface area contributed by atoms with Crippen molar-refractivity contribution in [2.24, 2.45) is 0 Å². The molecule has 0 rings (SSSR count). The SMILES string of the molecule is C=S(=O)(O)C(C)(C)C. The van der Waals surface area contributed by atoms with E-state index in [9.17, 15) is 4.21 Å². The van der Waals surface area contributed by atoms with Crippen LogP contribution < -0.4 is 0 Å². The molecule has 1 N–H and O–H groups in total. The van der Waals surface area contributed by atoms with E-state index < -0.39 is 14.5 Å². The monoisotopic (exact) mass is 136 g/mol. The van der Waals surface area contributed by atoms with E-state index in [0.717, 1.165) is 0 Å². The molecule has 0 aliphatic rings. The zero-order valence-corrected chi connectivity index (χ0v) is 6.29. The van der Waals surface area contributed by atoms with E-state index in [-0.39, 0.29) is 0 Å². The summed E-state index contributed by atoms with van der Waals surface area (Å²) in [5, 5.41) is 0. The number of hydrogen-bond acceptors (Lipinski definition) is 1. The molecule has 0 saturated carbocycles. The largest absolute Gasteiger partial charge is 0.313 e. The fraction of sp³-hybridized carbons (Fsp3) is 0.800. The van der Waals surface area contributed by atoms with Gasteiger partial charge < -0.3 is 4.55 Å². The lowest BCUT2D eigenvalue weighted by Gasteiger charge is -2.17. The van der Waals surface area contributed by atoms with Crippen LogP contribution in [0.15, 0.2) is 0 Å². The fourth-order valence-corrected chi connectivity index (χ4v) is 0. The predicted octanol–water partition coefficient (Wildman–Crippen LogP) is 0.974. The molecule has 8 heavy (non-hydrogen) atoms. The first-order chi connectivity index (χ1) is 3.25. The Kier molecular flexibility index (Phi) is 1.73. The molecule has 2 nitrogen and oxygen atoms in total. The Morgan fingerprint density at radius 3 is 1.62 bits per heavy atom. The minimum absolute atomic E-state index is 0.590. The first kappa shape index (κ1) is 7.98. The van der Waals surface area contributed by atoms with Crippen LogP contribution in [0.3, 0.4) is 0 Å². The van der Waals surface area contributed by atoms with Gasteiger partial charge in [0.2, 0.25) is 0 Å². The van der Waals surface area contributed by atoms with Gasteiger partial charge in [-0.25, -0.2) is 4.21 Å². The molecule has 0 spiro atoms. The fourth-order valence-electron chi connectivity index (χ4n) is 0. The van der Waals surface area contributed by atoms with E-state index in [1.165, 1.54) is 0 Å². The van der Waals surface area contributed by atoms with E-state index in [2.05, 4.69) is 5.87 Å². The van der Waals surface area contributed by atoms with Gasteiger partial charge in [0.15, 0.2) is 0 Å². The van der Waals surface area contributed by atoms with Crippen LogP contribution in [0.5, 0.6) is 0 Å². The summed E-state index contributed by atoms with van der Waals surface area (Å²) in [6, 6.07) is 0. The highest BCUT2D eigenvalue weighted by Crippen LogP contribution is 2.11. The van der Waals surface area contributed by atoms with Crippen LogP contribution in [0, 0.1) is 0 Å². The molecular formula is C5H12O2S. The summed E-state index contributed by atoms with van der Waals surface area (Å²) in [6.45, 7) is 5.05. The van der Waals surface area contributed by atoms with Gasteiger partial charge in [0.1, 0.15) is 0 Å². The molecule has 0 fully saturated rings. The van der Waals surface area contributed by atoms with Crippen molar-refractivity contribution in [2.75, 3.05) is 0 Å². The molecule has 1 atom stereocenters. The molecule has 0 aromatic heterocycles. The third-order valence-electron chi connectivity index (χ3n) is 0.957. The first-order valence-electron chi connectivity index (χ1n) is 2.34. The second kappa shape index (κ2) is 1.74. The highest BCUT2D eigenvalue weighted by Gasteiger charge is 2.19. The number of rotatable bonds is 0. The Balaban J connectivity index is 4.53. The summed E-state index contributed by atoms with van der Waals surface area (Å²) < 4.78 is 18.8. The van der Waals surface area contributed by atoms with Crippen LogP contribution in [0.1, 0.15) is 20.8 Å². The maximum Gasteiger partial charge on any atom is 0.0796 e. The summed E-state index contributed by atoms with van der Waals surface area (Å²) in [5.41, 5.74) is 0. The van der Waals surface area contributed by atoms with Crippen LogP contribution >= 0.6 is 0 Å². The Morgan fingerprint density at radius 2 is 1.62 bits per heavy atom. The smallest absolute Gasteiger partial charge is 0.0796 e. The topological polar surface area (TPSA) is 37.3 Å². The van der Waals surface area contributed by atoms with Crippen LogP contribution in [0.4, 0.5) is 0 Å². The second-order valence-corrected chi connectivity index (χ2v) is 5.26. The second-order valence-electron chi connectivity index (χ2n) is 2.75. The molecule has 50 valence electrons. The molecule has 0 aliphatic carbocycles. The average Bonchev–Trinajstić information content (AvgIpc) is 1.25. The van der Waals surface area contributed by atoms with Gasteiger partial charge in [-0.3, -0.25) is 0 Å². The molecule has 3 heteroatoms. The summed E-state index contributed by atoms with van der Waals surface area (Å²) in [5.74, 6) is 3.12. The van der Waals surface area contributed by atoms with Crippen molar-refractivity contribution in [3.8, 4) is 0 Å². The van der Waals surface area contributed by atoms with Gasteiger partial charge in [-0.2, -0.15) is 0 Å². The third-order valence-corrected chi connectivity index (χ3v) is 2.87. The lowest BCUT2D eigenvalue weighted by molar-refractivity contribution is 0.524. The molecule has 0 aromatic carbocycles. The van der Waals surface area contributed by atoms with Crippen molar-refractivity contribution >= 4 is 15.7 Å².